The molecular formula is C16H22O4. The number of hydrogen-bond acceptors (Lipinski definition) is 4. The highest BCUT2D eigenvalue weighted by Crippen LogP contribution is 2.16. The number of ether oxygens (including phenoxy) is 3. The minimum atomic E-state index is -0.265. The number of hydrogen-bond donors (Lipinski definition) is 0. The lowest BCUT2D eigenvalue weighted by molar-refractivity contribution is 0.0498. The molecule has 1 unspecified atom stereocenters. The summed E-state index contributed by atoms with van der Waals surface area (Å²) in [6.07, 6.45) is 4.65. The summed E-state index contributed by atoms with van der Waals surface area (Å²) in [6, 6.07) is 7.04. The third-order valence-electron chi connectivity index (χ3n) is 3.16. The predicted molar refractivity (Wildman–Crippen MR) is 76.1 cm³/mol. The van der Waals surface area contributed by atoms with Crippen LogP contribution in [0.25, 0.3) is 0 Å². The molecule has 0 spiro atoms. The summed E-state index contributed by atoms with van der Waals surface area (Å²) < 4.78 is 15.8. The molecule has 4 nitrogen and oxygen atoms in total. The highest BCUT2D eigenvalue weighted by Gasteiger charge is 2.23. The van der Waals surface area contributed by atoms with Crippen LogP contribution < -0.4 is 4.74 Å². The number of rotatable bonds is 9. The molecule has 1 aromatic carbocycles. The summed E-state index contributed by atoms with van der Waals surface area (Å²) in [5, 5.41) is 0. The molecule has 1 atom stereocenters. The first-order valence-corrected chi connectivity index (χ1v) is 7.31. The van der Waals surface area contributed by atoms with Gasteiger partial charge in [-0.2, -0.15) is 0 Å². The molecule has 20 heavy (non-hydrogen) atoms. The quantitative estimate of drug-likeness (QED) is 0.395. The Morgan fingerprint density at radius 3 is 2.65 bits per heavy atom. The molecule has 0 N–H and O–H groups in total. The van der Waals surface area contributed by atoms with Crippen molar-refractivity contribution < 1.29 is 19.0 Å². The molecule has 1 heterocycles. The monoisotopic (exact) mass is 278 g/mol. The van der Waals surface area contributed by atoms with Gasteiger partial charge in [0.1, 0.15) is 18.5 Å². The lowest BCUT2D eigenvalue weighted by Gasteiger charge is -2.06. The van der Waals surface area contributed by atoms with E-state index in [0.717, 1.165) is 25.2 Å². The summed E-state index contributed by atoms with van der Waals surface area (Å²) in [6.45, 7) is 4.00. The van der Waals surface area contributed by atoms with Crippen molar-refractivity contribution in [2.24, 2.45) is 0 Å². The highest BCUT2D eigenvalue weighted by molar-refractivity contribution is 5.89. The molecule has 0 saturated carbocycles. The summed E-state index contributed by atoms with van der Waals surface area (Å²) in [7, 11) is 0. The van der Waals surface area contributed by atoms with Crippen molar-refractivity contribution >= 4 is 5.97 Å². The summed E-state index contributed by atoms with van der Waals surface area (Å²) >= 11 is 0. The Kier molecular flexibility index (Phi) is 5.87. The first kappa shape index (κ1) is 14.9. The Morgan fingerprint density at radius 2 is 2.00 bits per heavy atom. The predicted octanol–water partition coefficient (Wildman–Crippen LogP) is 3.20. The molecule has 2 rings (SSSR count). The third kappa shape index (κ3) is 5.21. The lowest BCUT2D eigenvalue weighted by Crippen LogP contribution is -2.07. The molecule has 0 aliphatic carbocycles. The summed E-state index contributed by atoms with van der Waals surface area (Å²) in [5.74, 6) is 0.485. The fourth-order valence-electron chi connectivity index (χ4n) is 1.82. The van der Waals surface area contributed by atoms with Crippen molar-refractivity contribution in [3.05, 3.63) is 29.8 Å². The van der Waals surface area contributed by atoms with E-state index in [-0.39, 0.29) is 12.1 Å². The number of epoxide rings is 1. The molecule has 0 bridgehead atoms. The van der Waals surface area contributed by atoms with Gasteiger partial charge in [-0.1, -0.05) is 26.2 Å². The Hall–Kier alpha value is -1.55. The van der Waals surface area contributed by atoms with Gasteiger partial charge in [-0.3, -0.25) is 0 Å². The van der Waals surface area contributed by atoms with Crippen LogP contribution >= 0.6 is 0 Å². The Balaban J connectivity index is 1.69. The van der Waals surface area contributed by atoms with Crippen molar-refractivity contribution in [2.75, 3.05) is 19.8 Å². The van der Waals surface area contributed by atoms with Gasteiger partial charge in [0.2, 0.25) is 0 Å². The smallest absolute Gasteiger partial charge is 0.338 e. The molecule has 0 radical (unpaired) electrons. The maximum Gasteiger partial charge on any atom is 0.338 e. The van der Waals surface area contributed by atoms with Crippen LogP contribution in [0.4, 0.5) is 0 Å². The zero-order valence-corrected chi connectivity index (χ0v) is 12.0. The average molecular weight is 278 g/mol. The SMILES string of the molecule is CCCCCCOC(=O)c1ccc(OCC2CO2)cc1. The van der Waals surface area contributed by atoms with E-state index < -0.39 is 0 Å². The average Bonchev–Trinajstić information content (AvgIpc) is 3.29. The van der Waals surface area contributed by atoms with Crippen molar-refractivity contribution in [3.63, 3.8) is 0 Å². The number of unbranched alkanes of at least 4 members (excludes halogenated alkanes) is 3. The van der Waals surface area contributed by atoms with Crippen LogP contribution in [0.15, 0.2) is 24.3 Å². The van der Waals surface area contributed by atoms with Crippen LogP contribution in [-0.4, -0.2) is 31.9 Å². The number of benzene rings is 1. The second-order valence-corrected chi connectivity index (χ2v) is 4.99. The molecule has 110 valence electrons. The zero-order valence-electron chi connectivity index (χ0n) is 12.0. The molecule has 4 heteroatoms. The van der Waals surface area contributed by atoms with E-state index in [1.165, 1.54) is 12.8 Å². The fourth-order valence-corrected chi connectivity index (χ4v) is 1.82. The molecule has 1 aliphatic rings. The Bertz CT molecular complexity index is 409. The topological polar surface area (TPSA) is 48.1 Å². The van der Waals surface area contributed by atoms with E-state index in [0.29, 0.717) is 18.8 Å². The lowest BCUT2D eigenvalue weighted by atomic mass is 10.2. The van der Waals surface area contributed by atoms with Crippen molar-refractivity contribution in [2.45, 2.75) is 38.7 Å². The molecule has 0 aromatic heterocycles. The summed E-state index contributed by atoms with van der Waals surface area (Å²) in [4.78, 5) is 11.8. The van der Waals surface area contributed by atoms with Gasteiger partial charge in [-0.15, -0.1) is 0 Å². The molecule has 0 amide bonds. The van der Waals surface area contributed by atoms with Gasteiger partial charge in [0.15, 0.2) is 0 Å². The van der Waals surface area contributed by atoms with Crippen molar-refractivity contribution in [1.29, 1.82) is 0 Å². The maximum absolute atomic E-state index is 11.8. The fraction of sp³-hybridized carbons (Fsp3) is 0.562. The second kappa shape index (κ2) is 7.90. The Morgan fingerprint density at radius 1 is 1.25 bits per heavy atom. The minimum absolute atomic E-state index is 0.239. The van der Waals surface area contributed by atoms with Crippen LogP contribution in [-0.2, 0) is 9.47 Å². The van der Waals surface area contributed by atoms with Gasteiger partial charge in [-0.05, 0) is 30.7 Å². The number of carbonyl (C=O) groups is 1. The molecule has 1 aromatic rings. The third-order valence-corrected chi connectivity index (χ3v) is 3.16. The van der Waals surface area contributed by atoms with Crippen molar-refractivity contribution in [1.82, 2.24) is 0 Å². The minimum Gasteiger partial charge on any atom is -0.491 e. The molecule has 1 aliphatic heterocycles. The van der Waals surface area contributed by atoms with E-state index in [2.05, 4.69) is 6.92 Å². The molecule has 1 fully saturated rings. The maximum atomic E-state index is 11.8. The van der Waals surface area contributed by atoms with Crippen LogP contribution in [0.1, 0.15) is 43.0 Å². The zero-order chi connectivity index (χ0) is 14.2. The van der Waals surface area contributed by atoms with Gasteiger partial charge in [-0.25, -0.2) is 4.79 Å². The largest absolute Gasteiger partial charge is 0.491 e. The second-order valence-electron chi connectivity index (χ2n) is 4.99. The van der Waals surface area contributed by atoms with Crippen molar-refractivity contribution in [3.8, 4) is 5.75 Å². The van der Waals surface area contributed by atoms with Gasteiger partial charge in [0.05, 0.1) is 18.8 Å². The van der Waals surface area contributed by atoms with Crippen LogP contribution in [0, 0.1) is 0 Å². The van der Waals surface area contributed by atoms with Gasteiger partial charge in [0.25, 0.3) is 0 Å². The molecular weight excluding hydrogens is 256 g/mol. The van der Waals surface area contributed by atoms with E-state index in [4.69, 9.17) is 14.2 Å². The normalized spacial score (nSPS) is 16.8. The van der Waals surface area contributed by atoms with E-state index >= 15 is 0 Å². The van der Waals surface area contributed by atoms with Crippen LogP contribution in [0.3, 0.4) is 0 Å². The van der Waals surface area contributed by atoms with Crippen LogP contribution in [0.5, 0.6) is 5.75 Å². The standard InChI is InChI=1S/C16H22O4/c1-2-3-4-5-10-18-16(17)13-6-8-14(9-7-13)19-11-15-12-20-15/h6-9,15H,2-5,10-12H2,1H3. The van der Waals surface area contributed by atoms with Gasteiger partial charge in [0, 0.05) is 0 Å². The molecule has 1 saturated heterocycles. The first-order chi connectivity index (χ1) is 9.79. The van der Waals surface area contributed by atoms with Gasteiger partial charge < -0.3 is 14.2 Å². The van der Waals surface area contributed by atoms with E-state index in [9.17, 15) is 4.79 Å². The first-order valence-electron chi connectivity index (χ1n) is 7.31. The van der Waals surface area contributed by atoms with Crippen LogP contribution in [0.2, 0.25) is 0 Å². The van der Waals surface area contributed by atoms with Gasteiger partial charge >= 0.3 is 5.97 Å². The number of carbonyl (C=O) groups excluding carboxylic acids is 1. The van der Waals surface area contributed by atoms with E-state index in [1.807, 2.05) is 0 Å². The number of esters is 1. The Labute approximate surface area is 120 Å². The van der Waals surface area contributed by atoms with E-state index in [1.54, 1.807) is 24.3 Å². The summed E-state index contributed by atoms with van der Waals surface area (Å²) in [5.41, 5.74) is 0.565. The highest BCUT2D eigenvalue weighted by atomic mass is 16.6.